The molecule has 1 aliphatic heterocycles. The van der Waals surface area contributed by atoms with E-state index in [4.69, 9.17) is 0 Å². The summed E-state index contributed by atoms with van der Waals surface area (Å²) in [6, 6.07) is 20.5. The quantitative estimate of drug-likeness (QED) is 0.644. The summed E-state index contributed by atoms with van der Waals surface area (Å²) in [6.07, 6.45) is 0. The first-order valence-electron chi connectivity index (χ1n) is 9.48. The van der Waals surface area contributed by atoms with Crippen molar-refractivity contribution in [1.29, 1.82) is 0 Å². The van der Waals surface area contributed by atoms with E-state index in [-0.39, 0.29) is 18.4 Å². The lowest BCUT2D eigenvalue weighted by Gasteiger charge is -2.37. The van der Waals surface area contributed by atoms with Crippen molar-refractivity contribution in [3.63, 3.8) is 0 Å². The van der Waals surface area contributed by atoms with Crippen LogP contribution in [0.2, 0.25) is 0 Å². The molecule has 2 amide bonds. The van der Waals surface area contributed by atoms with Crippen LogP contribution >= 0.6 is 12.4 Å². The standard InChI is InChI=1S/C23H25N3O.ClH/c1-17-7-5-12-22(18(17)2)25-13-15-26(16-14-25)23(27)24-21-11-6-9-19-8-3-4-10-20(19)21;/h3-12H,13-16H2,1-2H3,(H,24,27);1H. The van der Waals surface area contributed by atoms with Crippen LogP contribution in [0.25, 0.3) is 10.8 Å². The number of nitrogens with one attached hydrogen (secondary N) is 1. The highest BCUT2D eigenvalue weighted by atomic mass is 35.5. The molecule has 0 bridgehead atoms. The number of rotatable bonds is 2. The fourth-order valence-electron chi connectivity index (χ4n) is 3.76. The minimum atomic E-state index is -0.0213. The topological polar surface area (TPSA) is 35.6 Å². The van der Waals surface area contributed by atoms with E-state index in [1.165, 1.54) is 16.8 Å². The summed E-state index contributed by atoms with van der Waals surface area (Å²) in [4.78, 5) is 17.1. The number of piperazine rings is 1. The molecular weight excluding hydrogens is 370 g/mol. The maximum absolute atomic E-state index is 12.8. The lowest BCUT2D eigenvalue weighted by Crippen LogP contribution is -2.50. The zero-order valence-electron chi connectivity index (χ0n) is 16.3. The molecule has 0 atom stereocenters. The summed E-state index contributed by atoms with van der Waals surface area (Å²) in [7, 11) is 0. The van der Waals surface area contributed by atoms with Gasteiger partial charge in [-0.3, -0.25) is 0 Å². The first-order valence-corrected chi connectivity index (χ1v) is 9.48. The van der Waals surface area contributed by atoms with Crippen LogP contribution in [-0.4, -0.2) is 37.1 Å². The summed E-state index contributed by atoms with van der Waals surface area (Å²) in [6.45, 7) is 7.48. The molecule has 1 fully saturated rings. The van der Waals surface area contributed by atoms with Gasteiger partial charge in [0.25, 0.3) is 0 Å². The Balaban J connectivity index is 0.00000225. The van der Waals surface area contributed by atoms with E-state index in [0.29, 0.717) is 0 Å². The molecule has 1 N–H and O–H groups in total. The first kappa shape index (κ1) is 20.0. The Kier molecular flexibility index (Phi) is 6.10. The van der Waals surface area contributed by atoms with Crippen LogP contribution in [0, 0.1) is 13.8 Å². The molecule has 28 heavy (non-hydrogen) atoms. The van der Waals surface area contributed by atoms with Gasteiger partial charge in [0.15, 0.2) is 0 Å². The molecule has 4 nitrogen and oxygen atoms in total. The number of urea groups is 1. The van der Waals surface area contributed by atoms with E-state index in [1.807, 2.05) is 35.2 Å². The average Bonchev–Trinajstić information content (AvgIpc) is 2.70. The Hall–Kier alpha value is -2.72. The number of halogens is 1. The second kappa shape index (κ2) is 8.53. The number of benzene rings is 3. The van der Waals surface area contributed by atoms with Crippen LogP contribution in [0.3, 0.4) is 0 Å². The molecule has 146 valence electrons. The third-order valence-corrected chi connectivity index (χ3v) is 5.51. The minimum absolute atomic E-state index is 0. The van der Waals surface area contributed by atoms with Gasteiger partial charge < -0.3 is 15.1 Å². The number of hydrogen-bond donors (Lipinski definition) is 1. The predicted molar refractivity (Wildman–Crippen MR) is 120 cm³/mol. The minimum Gasteiger partial charge on any atom is -0.368 e. The Labute approximate surface area is 172 Å². The van der Waals surface area contributed by atoms with Crippen molar-refractivity contribution in [1.82, 2.24) is 4.90 Å². The zero-order chi connectivity index (χ0) is 18.8. The van der Waals surface area contributed by atoms with Crippen molar-refractivity contribution < 1.29 is 4.79 Å². The molecule has 0 aliphatic carbocycles. The van der Waals surface area contributed by atoms with Gasteiger partial charge in [0.05, 0.1) is 5.69 Å². The Morgan fingerprint density at radius 1 is 0.857 bits per heavy atom. The molecular formula is C23H26ClN3O. The normalized spacial score (nSPS) is 13.9. The fraction of sp³-hybridized carbons (Fsp3) is 0.261. The first-order chi connectivity index (χ1) is 13.1. The third-order valence-electron chi connectivity index (χ3n) is 5.51. The molecule has 0 spiro atoms. The van der Waals surface area contributed by atoms with Gasteiger partial charge in [-0.2, -0.15) is 0 Å². The number of anilines is 2. The number of aryl methyl sites for hydroxylation is 1. The third kappa shape index (κ3) is 3.92. The van der Waals surface area contributed by atoms with Crippen molar-refractivity contribution in [3.8, 4) is 0 Å². The van der Waals surface area contributed by atoms with Gasteiger partial charge >= 0.3 is 6.03 Å². The van der Waals surface area contributed by atoms with E-state index in [9.17, 15) is 4.79 Å². The SMILES string of the molecule is Cc1cccc(N2CCN(C(=O)Nc3cccc4ccccc34)CC2)c1C.Cl. The number of hydrogen-bond acceptors (Lipinski definition) is 2. The maximum Gasteiger partial charge on any atom is 0.321 e. The van der Waals surface area contributed by atoms with Gasteiger partial charge in [0.1, 0.15) is 0 Å². The number of fused-ring (bicyclic) bond motifs is 1. The molecule has 1 heterocycles. The van der Waals surface area contributed by atoms with Gasteiger partial charge in [-0.1, -0.05) is 48.5 Å². The summed E-state index contributed by atoms with van der Waals surface area (Å²) < 4.78 is 0. The van der Waals surface area contributed by atoms with Crippen molar-refractivity contribution in [3.05, 3.63) is 71.8 Å². The summed E-state index contributed by atoms with van der Waals surface area (Å²) in [5.74, 6) is 0. The van der Waals surface area contributed by atoms with Gasteiger partial charge in [0, 0.05) is 37.3 Å². The number of nitrogens with zero attached hydrogens (tertiary/aromatic N) is 2. The zero-order valence-corrected chi connectivity index (χ0v) is 17.1. The van der Waals surface area contributed by atoms with Crippen LogP contribution in [-0.2, 0) is 0 Å². The molecule has 0 unspecified atom stereocenters. The Morgan fingerprint density at radius 2 is 1.54 bits per heavy atom. The van der Waals surface area contributed by atoms with Crippen molar-refractivity contribution in [2.24, 2.45) is 0 Å². The molecule has 5 heteroatoms. The van der Waals surface area contributed by atoms with Gasteiger partial charge in [-0.15, -0.1) is 12.4 Å². The van der Waals surface area contributed by atoms with E-state index >= 15 is 0 Å². The van der Waals surface area contributed by atoms with Crippen molar-refractivity contribution >= 4 is 40.6 Å². The maximum atomic E-state index is 12.8. The summed E-state index contributed by atoms with van der Waals surface area (Å²) >= 11 is 0. The Bertz CT molecular complexity index is 975. The largest absolute Gasteiger partial charge is 0.368 e. The molecule has 1 aliphatic rings. The van der Waals surface area contributed by atoms with Crippen LogP contribution in [0.5, 0.6) is 0 Å². The second-order valence-electron chi connectivity index (χ2n) is 7.15. The van der Waals surface area contributed by atoms with Gasteiger partial charge in [0.2, 0.25) is 0 Å². The number of amides is 2. The van der Waals surface area contributed by atoms with Gasteiger partial charge in [-0.05, 0) is 42.5 Å². The lowest BCUT2D eigenvalue weighted by atomic mass is 10.1. The van der Waals surface area contributed by atoms with Crippen molar-refractivity contribution in [2.45, 2.75) is 13.8 Å². The molecule has 0 radical (unpaired) electrons. The smallest absolute Gasteiger partial charge is 0.321 e. The van der Waals surface area contributed by atoms with E-state index in [2.05, 4.69) is 54.4 Å². The molecule has 3 aromatic carbocycles. The van der Waals surface area contributed by atoms with Crippen molar-refractivity contribution in [2.75, 3.05) is 36.4 Å². The molecule has 1 saturated heterocycles. The summed E-state index contributed by atoms with van der Waals surface area (Å²) in [5.41, 5.74) is 4.79. The Morgan fingerprint density at radius 3 is 2.32 bits per heavy atom. The second-order valence-corrected chi connectivity index (χ2v) is 7.15. The fourth-order valence-corrected chi connectivity index (χ4v) is 3.76. The highest BCUT2D eigenvalue weighted by molar-refractivity contribution is 6.01. The van der Waals surface area contributed by atoms with Crippen LogP contribution in [0.15, 0.2) is 60.7 Å². The van der Waals surface area contributed by atoms with Crippen LogP contribution in [0.1, 0.15) is 11.1 Å². The molecule has 4 rings (SSSR count). The molecule has 0 saturated carbocycles. The van der Waals surface area contributed by atoms with E-state index < -0.39 is 0 Å². The van der Waals surface area contributed by atoms with Gasteiger partial charge in [-0.25, -0.2) is 4.79 Å². The summed E-state index contributed by atoms with van der Waals surface area (Å²) in [5, 5.41) is 5.30. The highest BCUT2D eigenvalue weighted by Gasteiger charge is 2.22. The molecule has 0 aromatic heterocycles. The monoisotopic (exact) mass is 395 g/mol. The average molecular weight is 396 g/mol. The number of carbonyl (C=O) groups is 1. The number of carbonyl (C=O) groups excluding carboxylic acids is 1. The highest BCUT2D eigenvalue weighted by Crippen LogP contribution is 2.25. The van der Waals surface area contributed by atoms with Crippen LogP contribution in [0.4, 0.5) is 16.2 Å². The molecule has 3 aromatic rings. The van der Waals surface area contributed by atoms with Crippen LogP contribution < -0.4 is 10.2 Å². The lowest BCUT2D eigenvalue weighted by molar-refractivity contribution is 0.208. The predicted octanol–water partition coefficient (Wildman–Crippen LogP) is 5.23. The van der Waals surface area contributed by atoms with E-state index in [1.54, 1.807) is 0 Å². The van der Waals surface area contributed by atoms with E-state index in [0.717, 1.165) is 42.6 Å².